The molecule has 0 fully saturated rings. The third kappa shape index (κ3) is 4.19. The van der Waals surface area contributed by atoms with Crippen molar-refractivity contribution in [3.05, 3.63) is 83.8 Å². The number of methoxy groups -OCH3 is 1. The number of nitrogens with one attached hydrogen (secondary N) is 1. The van der Waals surface area contributed by atoms with Gasteiger partial charge in [-0.05, 0) is 30.3 Å². The molecule has 1 heterocycles. The number of ether oxygens (including phenoxy) is 1. The third-order valence-electron chi connectivity index (χ3n) is 3.95. The smallest absolute Gasteiger partial charge is 0.224 e. The molecule has 0 aliphatic heterocycles. The highest BCUT2D eigenvalue weighted by atomic mass is 16.5. The van der Waals surface area contributed by atoms with Crippen LogP contribution in [0.5, 0.6) is 5.75 Å². The second kappa shape index (κ2) is 8.16. The Kier molecular flexibility index (Phi) is 5.49. The molecular weight excluding hydrogens is 330 g/mol. The van der Waals surface area contributed by atoms with Crippen LogP contribution in [0.1, 0.15) is 28.1 Å². The van der Waals surface area contributed by atoms with Gasteiger partial charge in [0.05, 0.1) is 19.1 Å². The fraction of sp³-hybridized carbons (Fsp3) is 0.143. The molecule has 5 nitrogen and oxygen atoms in total. The zero-order valence-corrected chi connectivity index (χ0v) is 14.4. The topological polar surface area (TPSA) is 68.5 Å². The molecule has 132 valence electrons. The predicted octanol–water partition coefficient (Wildman–Crippen LogP) is 4.09. The van der Waals surface area contributed by atoms with Gasteiger partial charge in [-0.2, -0.15) is 0 Å². The van der Waals surface area contributed by atoms with Crippen molar-refractivity contribution in [2.45, 2.75) is 12.8 Å². The van der Waals surface area contributed by atoms with Gasteiger partial charge in [0.2, 0.25) is 5.91 Å². The summed E-state index contributed by atoms with van der Waals surface area (Å²) in [7, 11) is 1.52. The number of aryl methyl sites for hydroxylation is 1. The SMILES string of the molecule is COc1ccc(C(=O)c2ccccc2)cc1NC(=O)CCc1ccco1. The number of ketones is 1. The molecular formula is C21H19NO4. The van der Waals surface area contributed by atoms with E-state index in [1.54, 1.807) is 42.7 Å². The van der Waals surface area contributed by atoms with E-state index in [4.69, 9.17) is 9.15 Å². The van der Waals surface area contributed by atoms with Gasteiger partial charge in [0.1, 0.15) is 11.5 Å². The van der Waals surface area contributed by atoms with E-state index >= 15 is 0 Å². The summed E-state index contributed by atoms with van der Waals surface area (Å²) in [5.74, 6) is 0.962. The van der Waals surface area contributed by atoms with Crippen LogP contribution in [-0.4, -0.2) is 18.8 Å². The number of carbonyl (C=O) groups excluding carboxylic acids is 2. The average Bonchev–Trinajstić information content (AvgIpc) is 3.20. The van der Waals surface area contributed by atoms with Crippen molar-refractivity contribution < 1.29 is 18.7 Å². The molecule has 1 amide bonds. The predicted molar refractivity (Wildman–Crippen MR) is 98.5 cm³/mol. The van der Waals surface area contributed by atoms with Crippen molar-refractivity contribution in [3.8, 4) is 5.75 Å². The molecule has 3 rings (SSSR count). The summed E-state index contributed by atoms with van der Waals surface area (Å²) >= 11 is 0. The van der Waals surface area contributed by atoms with E-state index in [0.29, 0.717) is 29.0 Å². The van der Waals surface area contributed by atoms with Gasteiger partial charge >= 0.3 is 0 Å². The third-order valence-corrected chi connectivity index (χ3v) is 3.95. The molecule has 26 heavy (non-hydrogen) atoms. The van der Waals surface area contributed by atoms with Crippen LogP contribution >= 0.6 is 0 Å². The number of hydrogen-bond donors (Lipinski definition) is 1. The molecule has 1 aromatic heterocycles. The van der Waals surface area contributed by atoms with Crippen molar-refractivity contribution in [2.75, 3.05) is 12.4 Å². The first kappa shape index (κ1) is 17.5. The highest BCUT2D eigenvalue weighted by Crippen LogP contribution is 2.27. The first-order valence-corrected chi connectivity index (χ1v) is 8.27. The molecule has 0 aliphatic carbocycles. The molecule has 2 aromatic carbocycles. The van der Waals surface area contributed by atoms with Crippen LogP contribution in [0.2, 0.25) is 0 Å². The lowest BCUT2D eigenvalue weighted by Crippen LogP contribution is -2.14. The summed E-state index contributed by atoms with van der Waals surface area (Å²) in [6.07, 6.45) is 2.35. The van der Waals surface area contributed by atoms with E-state index in [1.807, 2.05) is 24.3 Å². The number of hydrogen-bond acceptors (Lipinski definition) is 4. The summed E-state index contributed by atoms with van der Waals surface area (Å²) in [5.41, 5.74) is 1.55. The summed E-state index contributed by atoms with van der Waals surface area (Å²) in [6.45, 7) is 0. The number of rotatable bonds is 7. The van der Waals surface area contributed by atoms with Gasteiger partial charge < -0.3 is 14.5 Å². The first-order chi connectivity index (χ1) is 12.7. The fourth-order valence-corrected chi connectivity index (χ4v) is 2.61. The minimum Gasteiger partial charge on any atom is -0.495 e. The van der Waals surface area contributed by atoms with Gasteiger partial charge in [-0.1, -0.05) is 30.3 Å². The second-order valence-corrected chi connectivity index (χ2v) is 5.74. The normalized spacial score (nSPS) is 10.3. The Hall–Kier alpha value is -3.34. The van der Waals surface area contributed by atoms with Crippen LogP contribution in [-0.2, 0) is 11.2 Å². The lowest BCUT2D eigenvalue weighted by atomic mass is 10.0. The Bertz CT molecular complexity index is 886. The largest absolute Gasteiger partial charge is 0.495 e. The van der Waals surface area contributed by atoms with Crippen molar-refractivity contribution in [2.24, 2.45) is 0 Å². The van der Waals surface area contributed by atoms with E-state index in [9.17, 15) is 9.59 Å². The Morgan fingerprint density at radius 3 is 2.50 bits per heavy atom. The number of benzene rings is 2. The minimum atomic E-state index is -0.177. The monoisotopic (exact) mass is 349 g/mol. The van der Waals surface area contributed by atoms with Crippen LogP contribution in [0.15, 0.2) is 71.3 Å². The van der Waals surface area contributed by atoms with Gasteiger partial charge in [-0.15, -0.1) is 0 Å². The Morgan fingerprint density at radius 2 is 1.81 bits per heavy atom. The summed E-state index contributed by atoms with van der Waals surface area (Å²) in [5, 5.41) is 2.81. The lowest BCUT2D eigenvalue weighted by Gasteiger charge is -2.12. The molecule has 0 saturated heterocycles. The average molecular weight is 349 g/mol. The van der Waals surface area contributed by atoms with E-state index in [2.05, 4.69) is 5.32 Å². The van der Waals surface area contributed by atoms with Crippen LogP contribution in [0.3, 0.4) is 0 Å². The Labute approximate surface area is 151 Å². The Balaban J connectivity index is 1.75. The molecule has 0 atom stereocenters. The number of furan rings is 1. The van der Waals surface area contributed by atoms with E-state index in [0.717, 1.165) is 5.76 Å². The standard InChI is InChI=1S/C21H19NO4/c1-25-19-11-9-16(21(24)15-6-3-2-4-7-15)14-18(19)22-20(23)12-10-17-8-5-13-26-17/h2-9,11,13-14H,10,12H2,1H3,(H,22,23). The molecule has 0 unspecified atom stereocenters. The number of amides is 1. The van der Waals surface area contributed by atoms with Crippen LogP contribution in [0.4, 0.5) is 5.69 Å². The maximum atomic E-state index is 12.6. The van der Waals surface area contributed by atoms with Gasteiger partial charge in [0.15, 0.2) is 5.78 Å². The van der Waals surface area contributed by atoms with Crippen LogP contribution < -0.4 is 10.1 Å². The summed E-state index contributed by atoms with van der Waals surface area (Å²) in [4.78, 5) is 24.8. The van der Waals surface area contributed by atoms with Crippen molar-refractivity contribution in [1.82, 2.24) is 0 Å². The van der Waals surface area contributed by atoms with Crippen molar-refractivity contribution in [1.29, 1.82) is 0 Å². The lowest BCUT2D eigenvalue weighted by molar-refractivity contribution is -0.116. The number of anilines is 1. The maximum absolute atomic E-state index is 12.6. The minimum absolute atomic E-state index is 0.112. The summed E-state index contributed by atoms with van der Waals surface area (Å²) < 4.78 is 10.5. The van der Waals surface area contributed by atoms with Gasteiger partial charge in [-0.25, -0.2) is 0 Å². The molecule has 0 spiro atoms. The summed E-state index contributed by atoms with van der Waals surface area (Å²) in [6, 6.07) is 17.6. The Morgan fingerprint density at radius 1 is 1.00 bits per heavy atom. The fourth-order valence-electron chi connectivity index (χ4n) is 2.61. The number of carbonyl (C=O) groups is 2. The molecule has 0 saturated carbocycles. The molecule has 3 aromatic rings. The van der Waals surface area contributed by atoms with Crippen molar-refractivity contribution in [3.63, 3.8) is 0 Å². The first-order valence-electron chi connectivity index (χ1n) is 8.27. The van der Waals surface area contributed by atoms with E-state index in [-0.39, 0.29) is 18.1 Å². The second-order valence-electron chi connectivity index (χ2n) is 5.74. The van der Waals surface area contributed by atoms with Gasteiger partial charge in [0.25, 0.3) is 0 Å². The van der Waals surface area contributed by atoms with E-state index < -0.39 is 0 Å². The molecule has 5 heteroatoms. The molecule has 1 N–H and O–H groups in total. The van der Waals surface area contributed by atoms with Crippen molar-refractivity contribution >= 4 is 17.4 Å². The van der Waals surface area contributed by atoms with Crippen LogP contribution in [0, 0.1) is 0 Å². The maximum Gasteiger partial charge on any atom is 0.224 e. The molecule has 0 aliphatic rings. The van der Waals surface area contributed by atoms with Crippen LogP contribution in [0.25, 0.3) is 0 Å². The molecule has 0 bridgehead atoms. The van der Waals surface area contributed by atoms with E-state index in [1.165, 1.54) is 7.11 Å². The zero-order valence-electron chi connectivity index (χ0n) is 14.4. The van der Waals surface area contributed by atoms with Gasteiger partial charge in [0, 0.05) is 24.0 Å². The zero-order chi connectivity index (χ0) is 18.4. The quantitative estimate of drug-likeness (QED) is 0.652. The highest BCUT2D eigenvalue weighted by Gasteiger charge is 2.14. The highest BCUT2D eigenvalue weighted by molar-refractivity contribution is 6.10. The van der Waals surface area contributed by atoms with Gasteiger partial charge in [-0.3, -0.25) is 9.59 Å². The molecule has 0 radical (unpaired) electrons.